The van der Waals surface area contributed by atoms with Crippen LogP contribution in [0.1, 0.15) is 18.1 Å². The van der Waals surface area contributed by atoms with Crippen LogP contribution in [0.25, 0.3) is 0 Å². The average molecular weight is 273 g/mol. The first-order valence-electron chi connectivity index (χ1n) is 5.96. The molecule has 0 bridgehead atoms. The summed E-state index contributed by atoms with van der Waals surface area (Å²) in [5.41, 5.74) is 0.171. The quantitative estimate of drug-likeness (QED) is 0.677. The number of benzene rings is 1. The molecule has 1 N–H and O–H groups in total. The van der Waals surface area contributed by atoms with E-state index in [2.05, 4.69) is 10.3 Å². The van der Waals surface area contributed by atoms with Gasteiger partial charge in [0.1, 0.15) is 0 Å². The van der Waals surface area contributed by atoms with E-state index in [1.54, 1.807) is 7.05 Å². The molecule has 0 aliphatic rings. The van der Waals surface area contributed by atoms with Crippen molar-refractivity contribution in [3.05, 3.63) is 35.4 Å². The number of halogens is 3. The molecule has 0 saturated heterocycles. The number of rotatable bonds is 3. The second-order valence-electron chi connectivity index (χ2n) is 4.13. The SMILES string of the molecule is CCNC(=NC)N(C)Cc1ccc(C(F)(F)F)cc1. The first kappa shape index (κ1) is 15.3. The van der Waals surface area contributed by atoms with Crippen molar-refractivity contribution in [3.8, 4) is 0 Å². The lowest BCUT2D eigenvalue weighted by Crippen LogP contribution is -2.38. The van der Waals surface area contributed by atoms with E-state index in [-0.39, 0.29) is 0 Å². The molecule has 3 nitrogen and oxygen atoms in total. The van der Waals surface area contributed by atoms with Crippen LogP contribution in [0, 0.1) is 0 Å². The zero-order valence-corrected chi connectivity index (χ0v) is 11.3. The summed E-state index contributed by atoms with van der Waals surface area (Å²) in [4.78, 5) is 5.94. The Morgan fingerprint density at radius 1 is 1.26 bits per heavy atom. The van der Waals surface area contributed by atoms with Crippen molar-refractivity contribution in [2.24, 2.45) is 4.99 Å². The van der Waals surface area contributed by atoms with E-state index in [1.807, 2.05) is 18.9 Å². The second kappa shape index (κ2) is 6.45. The Hall–Kier alpha value is -1.72. The van der Waals surface area contributed by atoms with Gasteiger partial charge in [0.15, 0.2) is 5.96 Å². The van der Waals surface area contributed by atoms with Crippen LogP contribution in [0.5, 0.6) is 0 Å². The molecule has 1 rings (SSSR count). The van der Waals surface area contributed by atoms with Crippen molar-refractivity contribution >= 4 is 5.96 Å². The highest BCUT2D eigenvalue weighted by atomic mass is 19.4. The Kier molecular flexibility index (Phi) is 5.20. The molecule has 0 amide bonds. The van der Waals surface area contributed by atoms with Gasteiger partial charge in [-0.1, -0.05) is 12.1 Å². The van der Waals surface area contributed by atoms with Gasteiger partial charge < -0.3 is 10.2 Å². The monoisotopic (exact) mass is 273 g/mol. The van der Waals surface area contributed by atoms with E-state index in [0.29, 0.717) is 12.5 Å². The summed E-state index contributed by atoms with van der Waals surface area (Å²) in [5, 5.41) is 3.08. The highest BCUT2D eigenvalue weighted by Gasteiger charge is 2.29. The first-order valence-corrected chi connectivity index (χ1v) is 5.96. The number of nitrogens with one attached hydrogen (secondary N) is 1. The molecule has 0 unspecified atom stereocenters. The molecule has 0 fully saturated rings. The number of hydrogen-bond acceptors (Lipinski definition) is 1. The van der Waals surface area contributed by atoms with E-state index in [9.17, 15) is 13.2 Å². The highest BCUT2D eigenvalue weighted by Crippen LogP contribution is 2.29. The lowest BCUT2D eigenvalue weighted by molar-refractivity contribution is -0.137. The van der Waals surface area contributed by atoms with Gasteiger partial charge in [0, 0.05) is 27.2 Å². The van der Waals surface area contributed by atoms with Gasteiger partial charge in [0.2, 0.25) is 0 Å². The van der Waals surface area contributed by atoms with Gasteiger partial charge in [0.05, 0.1) is 5.56 Å². The van der Waals surface area contributed by atoms with E-state index < -0.39 is 11.7 Å². The third kappa shape index (κ3) is 4.46. The van der Waals surface area contributed by atoms with Crippen LogP contribution in [0.3, 0.4) is 0 Å². The standard InChI is InChI=1S/C13H18F3N3/c1-4-18-12(17-2)19(3)9-10-5-7-11(8-6-10)13(14,15)16/h5-8H,4,9H2,1-3H3,(H,17,18). The Morgan fingerprint density at radius 2 is 1.84 bits per heavy atom. The lowest BCUT2D eigenvalue weighted by Gasteiger charge is -2.21. The van der Waals surface area contributed by atoms with Crippen LogP contribution >= 0.6 is 0 Å². The van der Waals surface area contributed by atoms with Crippen LogP contribution in [0.15, 0.2) is 29.3 Å². The summed E-state index contributed by atoms with van der Waals surface area (Å²) < 4.78 is 37.3. The van der Waals surface area contributed by atoms with Crippen LogP contribution in [-0.2, 0) is 12.7 Å². The Morgan fingerprint density at radius 3 is 2.26 bits per heavy atom. The highest BCUT2D eigenvalue weighted by molar-refractivity contribution is 5.79. The Labute approximate surface area is 111 Å². The predicted molar refractivity (Wildman–Crippen MR) is 69.9 cm³/mol. The smallest absolute Gasteiger partial charge is 0.357 e. The third-order valence-electron chi connectivity index (χ3n) is 2.61. The molecule has 0 radical (unpaired) electrons. The number of nitrogens with zero attached hydrogens (tertiary/aromatic N) is 2. The summed E-state index contributed by atoms with van der Waals surface area (Å²) in [5.74, 6) is 0.711. The molecule has 1 aromatic rings. The molecule has 0 spiro atoms. The van der Waals surface area contributed by atoms with E-state index in [1.165, 1.54) is 12.1 Å². The van der Waals surface area contributed by atoms with Crippen LogP contribution in [0.2, 0.25) is 0 Å². The number of guanidine groups is 1. The average Bonchev–Trinajstić information content (AvgIpc) is 2.35. The number of hydrogen-bond donors (Lipinski definition) is 1. The predicted octanol–water partition coefficient (Wildman–Crippen LogP) is 2.73. The van der Waals surface area contributed by atoms with Crippen molar-refractivity contribution in [2.45, 2.75) is 19.6 Å². The molecular weight excluding hydrogens is 255 g/mol. The molecule has 0 atom stereocenters. The Balaban J connectivity index is 2.73. The topological polar surface area (TPSA) is 27.6 Å². The van der Waals surface area contributed by atoms with Crippen molar-refractivity contribution in [3.63, 3.8) is 0 Å². The van der Waals surface area contributed by atoms with Crippen molar-refractivity contribution in [1.29, 1.82) is 0 Å². The minimum atomic E-state index is -4.29. The van der Waals surface area contributed by atoms with E-state index in [0.717, 1.165) is 24.2 Å². The third-order valence-corrected chi connectivity index (χ3v) is 2.61. The van der Waals surface area contributed by atoms with Gasteiger partial charge in [-0.2, -0.15) is 13.2 Å². The van der Waals surface area contributed by atoms with Gasteiger partial charge >= 0.3 is 6.18 Å². The Bertz CT molecular complexity index is 424. The van der Waals surface area contributed by atoms with Crippen molar-refractivity contribution < 1.29 is 13.2 Å². The lowest BCUT2D eigenvalue weighted by atomic mass is 10.1. The molecule has 6 heteroatoms. The van der Waals surface area contributed by atoms with Gasteiger partial charge in [-0.05, 0) is 24.6 Å². The molecule has 19 heavy (non-hydrogen) atoms. The van der Waals surface area contributed by atoms with E-state index >= 15 is 0 Å². The molecule has 106 valence electrons. The summed E-state index contributed by atoms with van der Waals surface area (Å²) in [6.07, 6.45) is -4.29. The van der Waals surface area contributed by atoms with Crippen molar-refractivity contribution in [2.75, 3.05) is 20.6 Å². The maximum atomic E-state index is 12.4. The summed E-state index contributed by atoms with van der Waals surface area (Å²) >= 11 is 0. The van der Waals surface area contributed by atoms with Gasteiger partial charge in [-0.25, -0.2) is 0 Å². The maximum absolute atomic E-state index is 12.4. The molecule has 0 aliphatic heterocycles. The molecule has 0 aromatic heterocycles. The zero-order valence-electron chi connectivity index (χ0n) is 11.3. The van der Waals surface area contributed by atoms with Crippen LogP contribution in [-0.4, -0.2) is 31.5 Å². The van der Waals surface area contributed by atoms with Gasteiger partial charge in [-0.15, -0.1) is 0 Å². The fourth-order valence-electron chi connectivity index (χ4n) is 1.69. The molecule has 0 saturated carbocycles. The van der Waals surface area contributed by atoms with Gasteiger partial charge in [-0.3, -0.25) is 4.99 Å². The van der Waals surface area contributed by atoms with Gasteiger partial charge in [0.25, 0.3) is 0 Å². The minimum absolute atomic E-state index is 0.498. The fraction of sp³-hybridized carbons (Fsp3) is 0.462. The largest absolute Gasteiger partial charge is 0.416 e. The van der Waals surface area contributed by atoms with Crippen LogP contribution < -0.4 is 5.32 Å². The normalized spacial score (nSPS) is 12.4. The zero-order chi connectivity index (χ0) is 14.5. The van der Waals surface area contributed by atoms with Crippen LogP contribution in [0.4, 0.5) is 13.2 Å². The molecule has 0 heterocycles. The molecular formula is C13H18F3N3. The molecule has 1 aromatic carbocycles. The maximum Gasteiger partial charge on any atom is 0.416 e. The number of alkyl halides is 3. The minimum Gasteiger partial charge on any atom is -0.357 e. The summed E-state index contributed by atoms with van der Waals surface area (Å²) in [6, 6.07) is 5.16. The molecule has 0 aliphatic carbocycles. The van der Waals surface area contributed by atoms with Crippen molar-refractivity contribution in [1.82, 2.24) is 10.2 Å². The summed E-state index contributed by atoms with van der Waals surface area (Å²) in [7, 11) is 3.50. The number of aliphatic imine (C=N–C) groups is 1. The first-order chi connectivity index (χ1) is 8.88. The van der Waals surface area contributed by atoms with E-state index in [4.69, 9.17) is 0 Å². The fourth-order valence-corrected chi connectivity index (χ4v) is 1.69. The second-order valence-corrected chi connectivity index (χ2v) is 4.13. The summed E-state index contributed by atoms with van der Waals surface area (Å²) in [6.45, 7) is 3.19.